The molecule has 2 aromatic heterocycles. The van der Waals surface area contributed by atoms with Crippen LogP contribution >= 0.6 is 0 Å². The zero-order valence-electron chi connectivity index (χ0n) is 17.2. The number of pyridine rings is 2. The van der Waals surface area contributed by atoms with Gasteiger partial charge < -0.3 is 15.1 Å². The number of fused-ring (bicyclic) bond motifs is 1. The van der Waals surface area contributed by atoms with E-state index in [2.05, 4.69) is 21.4 Å². The number of likely N-dealkylation sites (N-methyl/N-ethyl adjacent to an activating group) is 1. The molecule has 0 radical (unpaired) electrons. The summed E-state index contributed by atoms with van der Waals surface area (Å²) in [5, 5.41) is 4.38. The van der Waals surface area contributed by atoms with Crippen LogP contribution in [0, 0.1) is 0 Å². The molecule has 1 N–H and O–H groups in total. The van der Waals surface area contributed by atoms with E-state index in [-0.39, 0.29) is 17.9 Å². The molecule has 0 spiro atoms. The van der Waals surface area contributed by atoms with Gasteiger partial charge in [-0.1, -0.05) is 18.2 Å². The highest BCUT2D eigenvalue weighted by Gasteiger charge is 2.30. The van der Waals surface area contributed by atoms with Crippen molar-refractivity contribution in [2.45, 2.75) is 25.9 Å². The van der Waals surface area contributed by atoms with E-state index in [9.17, 15) is 9.59 Å². The van der Waals surface area contributed by atoms with Crippen LogP contribution in [0.3, 0.4) is 0 Å². The van der Waals surface area contributed by atoms with Gasteiger partial charge in [-0.25, -0.2) is 4.98 Å². The Morgan fingerprint density at radius 3 is 2.77 bits per heavy atom. The number of hydrogen-bond acceptors (Lipinski definition) is 5. The van der Waals surface area contributed by atoms with E-state index in [1.54, 1.807) is 36.0 Å². The standard InChI is InChI=1S/C23H25N5O2/c1-16(29)27(2)20-9-10-28(15-20)23(30)19-7-8-22(26-14-19)25-13-17-11-18-5-3-4-6-21(18)24-12-17/h3-8,11-12,14,20H,9-10,13,15H2,1-2H3,(H,25,26)/t20-/m0/s1. The molecule has 0 saturated carbocycles. The molecule has 0 aliphatic carbocycles. The molecule has 1 aliphatic rings. The number of amides is 2. The van der Waals surface area contributed by atoms with Crippen LogP contribution in [0.4, 0.5) is 5.82 Å². The highest BCUT2D eigenvalue weighted by Crippen LogP contribution is 2.18. The minimum absolute atomic E-state index is 0.0213. The topological polar surface area (TPSA) is 78.4 Å². The molecule has 30 heavy (non-hydrogen) atoms. The van der Waals surface area contributed by atoms with Gasteiger partial charge in [0.25, 0.3) is 5.91 Å². The molecule has 3 aromatic rings. The van der Waals surface area contributed by atoms with Crippen molar-refractivity contribution < 1.29 is 9.59 Å². The van der Waals surface area contributed by atoms with Gasteiger partial charge in [0.05, 0.1) is 17.1 Å². The second kappa shape index (κ2) is 8.49. The summed E-state index contributed by atoms with van der Waals surface area (Å²) in [5.41, 5.74) is 2.59. The third kappa shape index (κ3) is 4.25. The van der Waals surface area contributed by atoms with Gasteiger partial charge in [0, 0.05) is 51.4 Å². The Balaban J connectivity index is 1.35. The molecule has 4 rings (SSSR count). The average molecular weight is 403 g/mol. The SMILES string of the molecule is CC(=O)N(C)[C@H]1CCN(C(=O)c2ccc(NCc3cnc4ccccc4c3)nc2)C1. The first-order valence-corrected chi connectivity index (χ1v) is 10.1. The van der Waals surface area contributed by atoms with Crippen LogP contribution < -0.4 is 5.32 Å². The highest BCUT2D eigenvalue weighted by molar-refractivity contribution is 5.94. The van der Waals surface area contributed by atoms with Crippen LogP contribution in [0.2, 0.25) is 0 Å². The second-order valence-electron chi connectivity index (χ2n) is 7.65. The van der Waals surface area contributed by atoms with Crippen molar-refractivity contribution in [3.05, 3.63) is 66.0 Å². The molecule has 0 bridgehead atoms. The number of nitrogens with one attached hydrogen (secondary N) is 1. The van der Waals surface area contributed by atoms with E-state index in [0.29, 0.717) is 31.0 Å². The van der Waals surface area contributed by atoms with Crippen LogP contribution in [0.5, 0.6) is 0 Å². The third-order valence-corrected chi connectivity index (χ3v) is 5.63. The van der Waals surface area contributed by atoms with Crippen molar-refractivity contribution in [3.8, 4) is 0 Å². The molecule has 1 fully saturated rings. The Hall–Kier alpha value is -3.48. The zero-order valence-corrected chi connectivity index (χ0v) is 17.2. The van der Waals surface area contributed by atoms with Crippen molar-refractivity contribution in [2.75, 3.05) is 25.5 Å². The monoisotopic (exact) mass is 403 g/mol. The normalized spacial score (nSPS) is 15.9. The average Bonchev–Trinajstić information content (AvgIpc) is 3.27. The number of para-hydroxylation sites is 1. The minimum Gasteiger partial charge on any atom is -0.366 e. The lowest BCUT2D eigenvalue weighted by molar-refractivity contribution is -0.129. The zero-order chi connectivity index (χ0) is 21.1. The quantitative estimate of drug-likeness (QED) is 0.709. The fraction of sp³-hybridized carbons (Fsp3) is 0.304. The molecule has 0 unspecified atom stereocenters. The summed E-state index contributed by atoms with van der Waals surface area (Å²) >= 11 is 0. The van der Waals surface area contributed by atoms with Gasteiger partial charge in [-0.2, -0.15) is 0 Å². The Morgan fingerprint density at radius 2 is 2.00 bits per heavy atom. The van der Waals surface area contributed by atoms with Crippen LogP contribution in [-0.4, -0.2) is 57.8 Å². The molecule has 7 heteroatoms. The number of anilines is 1. The van der Waals surface area contributed by atoms with E-state index in [1.165, 1.54) is 0 Å². The summed E-state index contributed by atoms with van der Waals surface area (Å²) in [6.45, 7) is 3.36. The first kappa shape index (κ1) is 19.8. The van der Waals surface area contributed by atoms with Gasteiger partial charge in [0.15, 0.2) is 0 Å². The second-order valence-corrected chi connectivity index (χ2v) is 7.65. The predicted molar refractivity (Wildman–Crippen MR) is 116 cm³/mol. The molecule has 2 amide bonds. The number of rotatable bonds is 5. The summed E-state index contributed by atoms with van der Waals surface area (Å²) in [5.74, 6) is 0.676. The molecule has 1 saturated heterocycles. The number of nitrogens with zero attached hydrogens (tertiary/aromatic N) is 4. The highest BCUT2D eigenvalue weighted by atomic mass is 16.2. The van der Waals surface area contributed by atoms with Crippen molar-refractivity contribution in [3.63, 3.8) is 0 Å². The molecule has 1 atom stereocenters. The molecule has 154 valence electrons. The number of hydrogen-bond donors (Lipinski definition) is 1. The van der Waals surface area contributed by atoms with Crippen LogP contribution in [0.1, 0.15) is 29.3 Å². The van der Waals surface area contributed by atoms with Gasteiger partial charge in [0.2, 0.25) is 5.91 Å². The van der Waals surface area contributed by atoms with E-state index < -0.39 is 0 Å². The number of benzene rings is 1. The van der Waals surface area contributed by atoms with Crippen molar-refractivity contribution in [2.24, 2.45) is 0 Å². The molecular formula is C23H25N5O2. The summed E-state index contributed by atoms with van der Waals surface area (Å²) in [4.78, 5) is 36.7. The van der Waals surface area contributed by atoms with Gasteiger partial charge >= 0.3 is 0 Å². The summed E-state index contributed by atoms with van der Waals surface area (Å²) in [6, 6.07) is 13.8. The first-order chi connectivity index (χ1) is 14.5. The van der Waals surface area contributed by atoms with Crippen LogP contribution in [-0.2, 0) is 11.3 Å². The summed E-state index contributed by atoms with van der Waals surface area (Å²) < 4.78 is 0. The number of aromatic nitrogens is 2. The summed E-state index contributed by atoms with van der Waals surface area (Å²) in [7, 11) is 1.79. The van der Waals surface area contributed by atoms with E-state index >= 15 is 0 Å². The molecule has 1 aromatic carbocycles. The lowest BCUT2D eigenvalue weighted by Crippen LogP contribution is -2.38. The minimum atomic E-state index is -0.0489. The Bertz CT molecular complexity index is 1070. The van der Waals surface area contributed by atoms with Gasteiger partial charge in [-0.3, -0.25) is 14.6 Å². The van der Waals surface area contributed by atoms with Crippen molar-refractivity contribution >= 4 is 28.5 Å². The van der Waals surface area contributed by atoms with E-state index in [0.717, 1.165) is 22.9 Å². The molecular weight excluding hydrogens is 378 g/mol. The van der Waals surface area contributed by atoms with Gasteiger partial charge in [0.1, 0.15) is 5.82 Å². The maximum Gasteiger partial charge on any atom is 0.255 e. The van der Waals surface area contributed by atoms with Crippen LogP contribution in [0.15, 0.2) is 54.9 Å². The van der Waals surface area contributed by atoms with Crippen molar-refractivity contribution in [1.82, 2.24) is 19.8 Å². The van der Waals surface area contributed by atoms with Gasteiger partial charge in [-0.05, 0) is 36.2 Å². The maximum absolute atomic E-state index is 12.8. The lowest BCUT2D eigenvalue weighted by atomic mass is 10.1. The van der Waals surface area contributed by atoms with Gasteiger partial charge in [-0.15, -0.1) is 0 Å². The van der Waals surface area contributed by atoms with Crippen LogP contribution in [0.25, 0.3) is 10.9 Å². The maximum atomic E-state index is 12.8. The molecule has 3 heterocycles. The summed E-state index contributed by atoms with van der Waals surface area (Å²) in [6.07, 6.45) is 4.26. The Kier molecular flexibility index (Phi) is 5.61. The fourth-order valence-electron chi connectivity index (χ4n) is 3.71. The molecule has 1 aliphatic heterocycles. The molecule has 7 nitrogen and oxygen atoms in total. The Labute approximate surface area is 175 Å². The fourth-order valence-corrected chi connectivity index (χ4v) is 3.71. The Morgan fingerprint density at radius 1 is 1.17 bits per heavy atom. The largest absolute Gasteiger partial charge is 0.366 e. The van der Waals surface area contributed by atoms with Crippen molar-refractivity contribution in [1.29, 1.82) is 0 Å². The predicted octanol–water partition coefficient (Wildman–Crippen LogP) is 2.93. The van der Waals surface area contributed by atoms with E-state index in [1.807, 2.05) is 36.5 Å². The van der Waals surface area contributed by atoms with E-state index in [4.69, 9.17) is 0 Å². The number of carbonyl (C=O) groups is 2. The number of likely N-dealkylation sites (tertiary alicyclic amines) is 1. The number of carbonyl (C=O) groups excluding carboxylic acids is 2. The lowest BCUT2D eigenvalue weighted by Gasteiger charge is -2.23. The first-order valence-electron chi connectivity index (χ1n) is 10.1. The smallest absolute Gasteiger partial charge is 0.255 e. The third-order valence-electron chi connectivity index (χ3n) is 5.63.